The van der Waals surface area contributed by atoms with Gasteiger partial charge in [-0.1, -0.05) is 123 Å². The Labute approximate surface area is 245 Å². The van der Waals surface area contributed by atoms with Crippen LogP contribution in [0.1, 0.15) is 79.1 Å². The van der Waals surface area contributed by atoms with E-state index in [0.717, 1.165) is 44.8 Å². The van der Waals surface area contributed by atoms with E-state index < -0.39 is 0 Å². The summed E-state index contributed by atoms with van der Waals surface area (Å²) in [5, 5.41) is 1.12. The quantitative estimate of drug-likeness (QED) is 0.229. The summed E-state index contributed by atoms with van der Waals surface area (Å²) in [5.41, 5.74) is 10.6. The third kappa shape index (κ3) is 4.20. The van der Waals surface area contributed by atoms with Gasteiger partial charge in [-0.3, -0.25) is 4.98 Å². The van der Waals surface area contributed by atoms with Crippen molar-refractivity contribution in [3.05, 3.63) is 102 Å². The lowest BCUT2D eigenvalue weighted by Gasteiger charge is -2.44. The maximum Gasteiger partial charge on any atom is 0.160 e. The highest BCUT2D eigenvalue weighted by Crippen LogP contribution is 2.61. The van der Waals surface area contributed by atoms with E-state index in [2.05, 4.69) is 135 Å². The van der Waals surface area contributed by atoms with Crippen molar-refractivity contribution < 1.29 is 0 Å². The number of hydrogen-bond acceptors (Lipinski definition) is 3. The maximum absolute atomic E-state index is 5.02. The molecule has 6 rings (SSSR count). The fraction of sp³-hybridized carbons (Fsp3) is 0.342. The molecule has 0 saturated heterocycles. The Morgan fingerprint density at radius 1 is 0.585 bits per heavy atom. The summed E-state index contributed by atoms with van der Waals surface area (Å²) in [6.07, 6.45) is 1.99. The van der Waals surface area contributed by atoms with E-state index in [1.165, 1.54) is 16.7 Å². The van der Waals surface area contributed by atoms with E-state index >= 15 is 0 Å². The lowest BCUT2D eigenvalue weighted by Crippen LogP contribution is -2.42. The molecule has 0 saturated carbocycles. The Hall–Kier alpha value is -3.85. The summed E-state index contributed by atoms with van der Waals surface area (Å²) in [6, 6.07) is 28.1. The van der Waals surface area contributed by atoms with Gasteiger partial charge in [0.15, 0.2) is 5.82 Å². The second-order valence-electron chi connectivity index (χ2n) is 14.3. The van der Waals surface area contributed by atoms with E-state index in [1.807, 2.05) is 12.3 Å². The molecule has 2 aromatic heterocycles. The van der Waals surface area contributed by atoms with Gasteiger partial charge >= 0.3 is 0 Å². The van der Waals surface area contributed by atoms with Crippen LogP contribution in [0.25, 0.3) is 44.7 Å². The number of nitrogens with zero attached hydrogens (tertiary/aromatic N) is 3. The smallest absolute Gasteiger partial charge is 0.160 e. The van der Waals surface area contributed by atoms with E-state index in [9.17, 15) is 0 Å². The fourth-order valence-electron chi connectivity index (χ4n) is 6.54. The van der Waals surface area contributed by atoms with Crippen molar-refractivity contribution in [3.63, 3.8) is 0 Å². The first kappa shape index (κ1) is 27.3. The van der Waals surface area contributed by atoms with Crippen LogP contribution in [0.5, 0.6) is 0 Å². The van der Waals surface area contributed by atoms with Crippen LogP contribution in [0, 0.1) is 5.41 Å². The zero-order chi connectivity index (χ0) is 29.4. The molecule has 2 heterocycles. The lowest BCUT2D eigenvalue weighted by atomic mass is 9.59. The summed E-state index contributed by atoms with van der Waals surface area (Å²) in [4.78, 5) is 14.8. The van der Waals surface area contributed by atoms with Crippen LogP contribution in [0.15, 0.2) is 85.1 Å². The number of fused-ring (bicyclic) bond motifs is 2. The minimum atomic E-state index is -0.0777. The molecule has 5 aromatic rings. The van der Waals surface area contributed by atoms with E-state index in [1.54, 1.807) is 0 Å². The van der Waals surface area contributed by atoms with Crippen molar-refractivity contribution in [2.45, 2.75) is 78.6 Å². The summed E-state index contributed by atoms with van der Waals surface area (Å²) in [6.45, 7) is 21.0. The van der Waals surface area contributed by atoms with Gasteiger partial charge in [0.1, 0.15) is 0 Å². The first-order valence-electron chi connectivity index (χ1n) is 14.7. The van der Waals surface area contributed by atoms with Crippen molar-refractivity contribution in [1.29, 1.82) is 0 Å². The number of hydrogen-bond donors (Lipinski definition) is 0. The molecule has 41 heavy (non-hydrogen) atoms. The highest BCUT2D eigenvalue weighted by atomic mass is 14.9. The first-order chi connectivity index (χ1) is 19.2. The Balaban J connectivity index is 1.30. The monoisotopic (exact) mass is 539 g/mol. The predicted molar refractivity (Wildman–Crippen MR) is 172 cm³/mol. The normalized spacial score (nSPS) is 17.0. The molecule has 0 amide bonds. The van der Waals surface area contributed by atoms with Crippen molar-refractivity contribution in [3.8, 4) is 33.8 Å². The molecule has 1 aliphatic carbocycles. The van der Waals surface area contributed by atoms with Gasteiger partial charge < -0.3 is 0 Å². The molecule has 3 aromatic carbocycles. The molecule has 0 unspecified atom stereocenters. The van der Waals surface area contributed by atoms with Crippen molar-refractivity contribution in [2.75, 3.05) is 0 Å². The van der Waals surface area contributed by atoms with Crippen LogP contribution < -0.4 is 0 Å². The molecule has 208 valence electrons. The fourth-order valence-corrected chi connectivity index (χ4v) is 6.54. The van der Waals surface area contributed by atoms with Crippen molar-refractivity contribution in [2.24, 2.45) is 5.41 Å². The molecule has 0 spiro atoms. The minimum Gasteiger partial charge on any atom is -0.256 e. The lowest BCUT2D eigenvalue weighted by molar-refractivity contribution is 0.125. The zero-order valence-electron chi connectivity index (χ0n) is 25.9. The average Bonchev–Trinajstić information content (AvgIpc) is 3.05. The Morgan fingerprint density at radius 3 is 1.85 bits per heavy atom. The number of rotatable bonds is 3. The number of para-hydroxylation sites is 1. The van der Waals surface area contributed by atoms with Gasteiger partial charge in [-0.2, -0.15) is 0 Å². The Kier molecular flexibility index (Phi) is 6.05. The van der Waals surface area contributed by atoms with Crippen LogP contribution in [0.2, 0.25) is 0 Å². The Bertz CT molecular complexity index is 1770. The van der Waals surface area contributed by atoms with Crippen molar-refractivity contribution in [1.82, 2.24) is 15.0 Å². The van der Waals surface area contributed by atoms with Crippen molar-refractivity contribution >= 4 is 10.9 Å². The van der Waals surface area contributed by atoms with E-state index in [4.69, 9.17) is 15.0 Å². The van der Waals surface area contributed by atoms with Gasteiger partial charge in [0, 0.05) is 33.7 Å². The summed E-state index contributed by atoms with van der Waals surface area (Å²) < 4.78 is 0. The van der Waals surface area contributed by atoms with Gasteiger partial charge in [0.2, 0.25) is 0 Å². The highest BCUT2D eigenvalue weighted by molar-refractivity contribution is 5.84. The molecule has 0 aliphatic heterocycles. The topological polar surface area (TPSA) is 38.7 Å². The summed E-state index contributed by atoms with van der Waals surface area (Å²) in [5.74, 6) is 0.763. The first-order valence-corrected chi connectivity index (χ1v) is 14.7. The number of benzene rings is 3. The molecule has 0 fully saturated rings. The largest absolute Gasteiger partial charge is 0.256 e. The second-order valence-corrected chi connectivity index (χ2v) is 14.3. The van der Waals surface area contributed by atoms with Crippen LogP contribution in [-0.4, -0.2) is 15.0 Å². The molecule has 1 aliphatic rings. The molecule has 0 N–H and O–H groups in total. The van der Waals surface area contributed by atoms with E-state index in [0.29, 0.717) is 0 Å². The molecule has 0 radical (unpaired) electrons. The molecule has 3 heteroatoms. The SMILES string of the molecule is CC(C)(C)c1nc(-c2ccc(-c3ccc(-c4ccc5c(c4)C(C)(C)C(C)(C)C5(C)C)nc3)cc2)nc2ccccc12. The van der Waals surface area contributed by atoms with Crippen LogP contribution >= 0.6 is 0 Å². The zero-order valence-corrected chi connectivity index (χ0v) is 25.9. The van der Waals surface area contributed by atoms with Crippen LogP contribution in [0.3, 0.4) is 0 Å². The standard InChI is InChI=1S/C38H41N3/c1-35(2,3)33-28-12-10-11-13-32(28)40-34(41-33)25-16-14-24(15-17-25)27-19-21-31(39-23-27)26-18-20-29-30(22-26)37(6,7)38(8,9)36(29,4)5/h10-23H,1-9H3. The van der Waals surface area contributed by atoms with Crippen LogP contribution in [-0.2, 0) is 16.2 Å². The van der Waals surface area contributed by atoms with Gasteiger partial charge in [-0.25, -0.2) is 9.97 Å². The van der Waals surface area contributed by atoms with Gasteiger partial charge in [-0.15, -0.1) is 0 Å². The van der Waals surface area contributed by atoms with Gasteiger partial charge in [0.05, 0.1) is 16.9 Å². The molecule has 0 atom stereocenters. The maximum atomic E-state index is 5.02. The third-order valence-electron chi connectivity index (χ3n) is 10.3. The minimum absolute atomic E-state index is 0.0753. The predicted octanol–water partition coefficient (Wildman–Crippen LogP) is 9.92. The van der Waals surface area contributed by atoms with Gasteiger partial charge in [0.25, 0.3) is 0 Å². The average molecular weight is 540 g/mol. The molecular formula is C38H41N3. The second kappa shape index (κ2) is 9.08. The number of pyridine rings is 1. The summed E-state index contributed by atoms with van der Waals surface area (Å²) in [7, 11) is 0. The van der Waals surface area contributed by atoms with E-state index in [-0.39, 0.29) is 21.7 Å². The Morgan fingerprint density at radius 2 is 1.20 bits per heavy atom. The highest BCUT2D eigenvalue weighted by Gasteiger charge is 2.56. The van der Waals surface area contributed by atoms with Crippen LogP contribution in [0.4, 0.5) is 0 Å². The summed E-state index contributed by atoms with van der Waals surface area (Å²) >= 11 is 0. The molecule has 3 nitrogen and oxygen atoms in total. The molecular weight excluding hydrogens is 498 g/mol. The molecule has 0 bridgehead atoms. The number of aromatic nitrogens is 3. The van der Waals surface area contributed by atoms with Gasteiger partial charge in [-0.05, 0) is 51.1 Å². The third-order valence-corrected chi connectivity index (χ3v) is 10.3.